The Morgan fingerprint density at radius 2 is 1.79 bits per heavy atom. The van der Waals surface area contributed by atoms with E-state index in [1.165, 1.54) is 4.68 Å². The monoisotopic (exact) mass is 437 g/mol. The van der Waals surface area contributed by atoms with E-state index in [1.807, 2.05) is 30.5 Å². The minimum absolute atomic E-state index is 0.104. The molecular formula is C19H12Cl2F3N5. The summed E-state index contributed by atoms with van der Waals surface area (Å²) in [6.07, 6.45) is 3.27. The molecular weight excluding hydrogens is 426 g/mol. The molecule has 0 fully saturated rings. The Balaban J connectivity index is 1.57. The van der Waals surface area contributed by atoms with E-state index in [9.17, 15) is 13.2 Å². The van der Waals surface area contributed by atoms with Gasteiger partial charge in [-0.1, -0.05) is 23.2 Å². The second kappa shape index (κ2) is 7.46. The van der Waals surface area contributed by atoms with Crippen molar-refractivity contribution < 1.29 is 13.2 Å². The molecule has 5 nitrogen and oxygen atoms in total. The van der Waals surface area contributed by atoms with E-state index in [4.69, 9.17) is 23.2 Å². The Bertz CT molecular complexity index is 1100. The number of pyridine rings is 1. The van der Waals surface area contributed by atoms with Gasteiger partial charge < -0.3 is 0 Å². The number of halogens is 5. The van der Waals surface area contributed by atoms with Crippen molar-refractivity contribution in [2.75, 3.05) is 5.01 Å². The van der Waals surface area contributed by atoms with Gasteiger partial charge in [-0.25, -0.2) is 9.67 Å². The van der Waals surface area contributed by atoms with Gasteiger partial charge >= 0.3 is 6.18 Å². The van der Waals surface area contributed by atoms with Crippen LogP contribution in [0.1, 0.15) is 11.3 Å². The summed E-state index contributed by atoms with van der Waals surface area (Å²) >= 11 is 11.9. The standard InChI is InChI=1S/C19H12Cl2F3N5/c20-13-3-5-14(6-4-13)28-8-1-2-16(26-28)17-7-9-29(27-17)18-15(21)10-12(11-25-18)19(22,23)24/h1-11,26H. The summed E-state index contributed by atoms with van der Waals surface area (Å²) in [5.41, 5.74) is 4.39. The van der Waals surface area contributed by atoms with Gasteiger partial charge in [-0.15, -0.1) is 0 Å². The van der Waals surface area contributed by atoms with Crippen molar-refractivity contribution >= 4 is 34.6 Å². The van der Waals surface area contributed by atoms with Gasteiger partial charge in [0, 0.05) is 23.6 Å². The minimum Gasteiger partial charge on any atom is -0.292 e. The fraction of sp³-hybridized carbons (Fsp3) is 0.0526. The van der Waals surface area contributed by atoms with Crippen molar-refractivity contribution in [2.45, 2.75) is 6.18 Å². The summed E-state index contributed by atoms with van der Waals surface area (Å²) < 4.78 is 39.7. The SMILES string of the molecule is FC(F)(F)c1cnc(-n2ccc(C3=CC=CN(c4ccc(Cl)cc4)N3)n2)c(Cl)c1. The van der Waals surface area contributed by atoms with Crippen LogP contribution in [0, 0.1) is 0 Å². The van der Waals surface area contributed by atoms with Crippen molar-refractivity contribution in [3.8, 4) is 5.82 Å². The number of nitrogens with zero attached hydrogens (tertiary/aromatic N) is 4. The zero-order valence-corrected chi connectivity index (χ0v) is 16.0. The van der Waals surface area contributed by atoms with Gasteiger partial charge in [-0.2, -0.15) is 18.3 Å². The Hall–Kier alpha value is -2.97. The molecule has 0 unspecified atom stereocenters. The first-order chi connectivity index (χ1) is 13.8. The van der Waals surface area contributed by atoms with Gasteiger partial charge in [-0.3, -0.25) is 10.4 Å². The molecule has 0 amide bonds. The minimum atomic E-state index is -4.52. The van der Waals surface area contributed by atoms with Crippen LogP contribution in [0.15, 0.2) is 67.1 Å². The quantitative estimate of drug-likeness (QED) is 0.589. The van der Waals surface area contributed by atoms with E-state index >= 15 is 0 Å². The summed E-state index contributed by atoms with van der Waals surface area (Å²) in [7, 11) is 0. The fourth-order valence-electron chi connectivity index (χ4n) is 2.66. The summed E-state index contributed by atoms with van der Waals surface area (Å²) in [5, 5.41) is 6.64. The lowest BCUT2D eigenvalue weighted by Gasteiger charge is -2.26. The molecule has 3 aromatic rings. The number of rotatable bonds is 3. The highest BCUT2D eigenvalue weighted by Gasteiger charge is 2.31. The van der Waals surface area contributed by atoms with Gasteiger partial charge in [0.15, 0.2) is 5.82 Å². The van der Waals surface area contributed by atoms with Crippen LogP contribution in [-0.2, 0) is 6.18 Å². The molecule has 1 N–H and O–H groups in total. The van der Waals surface area contributed by atoms with Crippen molar-refractivity contribution in [3.05, 3.63) is 88.4 Å². The normalized spacial score (nSPS) is 14.0. The second-order valence-corrected chi connectivity index (χ2v) is 6.90. The smallest absolute Gasteiger partial charge is 0.292 e. The summed E-state index contributed by atoms with van der Waals surface area (Å²) in [4.78, 5) is 3.82. The van der Waals surface area contributed by atoms with Crippen LogP contribution in [0.3, 0.4) is 0 Å². The van der Waals surface area contributed by atoms with Gasteiger partial charge in [-0.05, 0) is 48.6 Å². The average Bonchev–Trinajstić information content (AvgIpc) is 3.18. The van der Waals surface area contributed by atoms with Gasteiger partial charge in [0.25, 0.3) is 0 Å². The fourth-order valence-corrected chi connectivity index (χ4v) is 3.04. The van der Waals surface area contributed by atoms with E-state index in [-0.39, 0.29) is 10.8 Å². The summed E-state index contributed by atoms with van der Waals surface area (Å²) in [6.45, 7) is 0. The van der Waals surface area contributed by atoms with Crippen LogP contribution in [0.4, 0.5) is 18.9 Å². The van der Waals surface area contributed by atoms with Crippen molar-refractivity contribution in [1.82, 2.24) is 20.2 Å². The Labute approximate surface area is 173 Å². The maximum atomic E-state index is 12.8. The summed E-state index contributed by atoms with van der Waals surface area (Å²) in [5.74, 6) is 0.104. The third-order valence-corrected chi connectivity index (χ3v) is 4.60. The number of benzene rings is 1. The molecule has 0 saturated heterocycles. The predicted octanol–water partition coefficient (Wildman–Crippen LogP) is 5.47. The first-order valence-corrected chi connectivity index (χ1v) is 9.06. The highest BCUT2D eigenvalue weighted by Crippen LogP contribution is 2.32. The molecule has 148 valence electrons. The van der Waals surface area contributed by atoms with Crippen LogP contribution in [0.5, 0.6) is 0 Å². The van der Waals surface area contributed by atoms with Crippen LogP contribution in [0.25, 0.3) is 11.5 Å². The number of nitrogens with one attached hydrogen (secondary N) is 1. The number of anilines is 1. The topological polar surface area (TPSA) is 46.0 Å². The number of hydrogen-bond acceptors (Lipinski definition) is 4. The highest BCUT2D eigenvalue weighted by molar-refractivity contribution is 6.32. The van der Waals surface area contributed by atoms with Crippen LogP contribution >= 0.6 is 23.2 Å². The molecule has 1 aliphatic rings. The van der Waals surface area contributed by atoms with Crippen LogP contribution in [0.2, 0.25) is 10.0 Å². The van der Waals surface area contributed by atoms with Crippen LogP contribution < -0.4 is 10.4 Å². The molecule has 0 saturated carbocycles. The van der Waals surface area contributed by atoms with Crippen molar-refractivity contribution in [3.63, 3.8) is 0 Å². The number of hydrazine groups is 1. The molecule has 4 rings (SSSR count). The van der Waals surface area contributed by atoms with Gasteiger partial charge in [0.2, 0.25) is 0 Å². The molecule has 10 heteroatoms. The van der Waals surface area contributed by atoms with Crippen molar-refractivity contribution in [2.24, 2.45) is 0 Å². The largest absolute Gasteiger partial charge is 0.417 e. The van der Waals surface area contributed by atoms with E-state index < -0.39 is 11.7 Å². The van der Waals surface area contributed by atoms with E-state index in [1.54, 1.807) is 29.4 Å². The zero-order valence-electron chi connectivity index (χ0n) is 14.5. The van der Waals surface area contributed by atoms with E-state index in [2.05, 4.69) is 15.5 Å². The molecule has 1 aromatic carbocycles. The van der Waals surface area contributed by atoms with Crippen LogP contribution in [-0.4, -0.2) is 14.8 Å². The second-order valence-electron chi connectivity index (χ2n) is 6.05. The molecule has 0 atom stereocenters. The third kappa shape index (κ3) is 4.08. The number of alkyl halides is 3. The highest BCUT2D eigenvalue weighted by atomic mass is 35.5. The van der Waals surface area contributed by atoms with E-state index in [0.717, 1.165) is 18.0 Å². The summed E-state index contributed by atoms with van der Waals surface area (Å²) in [6, 6.07) is 9.79. The molecule has 0 radical (unpaired) electrons. The number of hydrogen-bond donors (Lipinski definition) is 1. The molecule has 2 aromatic heterocycles. The van der Waals surface area contributed by atoms with Gasteiger partial charge in [0.1, 0.15) is 5.69 Å². The zero-order chi connectivity index (χ0) is 20.6. The molecule has 0 bridgehead atoms. The Kier molecular flexibility index (Phi) is 4.97. The maximum Gasteiger partial charge on any atom is 0.417 e. The molecule has 0 aliphatic carbocycles. The predicted molar refractivity (Wildman–Crippen MR) is 106 cm³/mol. The molecule has 0 spiro atoms. The Morgan fingerprint density at radius 1 is 1.03 bits per heavy atom. The molecule has 3 heterocycles. The number of allylic oxidation sites excluding steroid dienone is 2. The molecule has 29 heavy (non-hydrogen) atoms. The first kappa shape index (κ1) is 19.4. The van der Waals surface area contributed by atoms with Crippen molar-refractivity contribution in [1.29, 1.82) is 0 Å². The lowest BCUT2D eigenvalue weighted by molar-refractivity contribution is -0.137. The van der Waals surface area contributed by atoms with E-state index in [0.29, 0.717) is 16.4 Å². The van der Waals surface area contributed by atoms with Gasteiger partial charge in [0.05, 0.1) is 22.0 Å². The maximum absolute atomic E-state index is 12.8. The first-order valence-electron chi connectivity index (χ1n) is 8.30. The number of aromatic nitrogens is 3. The molecule has 1 aliphatic heterocycles. The lowest BCUT2D eigenvalue weighted by atomic mass is 10.2. The lowest BCUT2D eigenvalue weighted by Crippen LogP contribution is -2.33. The third-order valence-electron chi connectivity index (χ3n) is 4.07. The Morgan fingerprint density at radius 3 is 2.48 bits per heavy atom. The average molecular weight is 438 g/mol.